The molecule has 6 heteroatoms. The molecule has 0 N–H and O–H groups in total. The summed E-state index contributed by atoms with van der Waals surface area (Å²) in [5, 5.41) is 0.814. The fourth-order valence-corrected chi connectivity index (χ4v) is 3.66. The molecule has 1 aromatic heterocycles. The van der Waals surface area contributed by atoms with Gasteiger partial charge in [0.15, 0.2) is 11.5 Å². The minimum absolute atomic E-state index is 0.00579. The average molecular weight is 364 g/mol. The van der Waals surface area contributed by atoms with E-state index in [2.05, 4.69) is 0 Å². The average Bonchev–Trinajstić information content (AvgIpc) is 3.31. The Morgan fingerprint density at radius 3 is 2.70 bits per heavy atom. The third kappa shape index (κ3) is 2.83. The Kier molecular flexibility index (Phi) is 3.63. The molecule has 0 bridgehead atoms. The first-order valence-electron chi connectivity index (χ1n) is 8.83. The zero-order chi connectivity index (χ0) is 18.4. The van der Waals surface area contributed by atoms with Crippen molar-refractivity contribution >= 4 is 16.9 Å². The Morgan fingerprint density at radius 2 is 1.81 bits per heavy atom. The topological polar surface area (TPSA) is 75.0 Å². The molecular weight excluding hydrogens is 348 g/mol. The fourth-order valence-electron chi connectivity index (χ4n) is 3.66. The molecule has 0 atom stereocenters. The highest BCUT2D eigenvalue weighted by Gasteiger charge is 2.19. The summed E-state index contributed by atoms with van der Waals surface area (Å²) < 4.78 is 21.3. The molecule has 0 saturated carbocycles. The molecule has 2 aliphatic rings. The maximum atomic E-state index is 12.4. The first kappa shape index (κ1) is 15.9. The fraction of sp³-hybridized carbons (Fsp3) is 0.238. The van der Waals surface area contributed by atoms with E-state index in [0.717, 1.165) is 24.6 Å². The van der Waals surface area contributed by atoms with Gasteiger partial charge in [0.05, 0.1) is 5.56 Å². The van der Waals surface area contributed by atoms with E-state index in [-0.39, 0.29) is 13.4 Å². The number of hydrogen-bond donors (Lipinski definition) is 0. The van der Waals surface area contributed by atoms with Crippen molar-refractivity contribution < 1.29 is 23.4 Å². The largest absolute Gasteiger partial charge is 0.457 e. The van der Waals surface area contributed by atoms with Gasteiger partial charge in [-0.15, -0.1) is 0 Å². The lowest BCUT2D eigenvalue weighted by Gasteiger charge is -2.09. The molecule has 136 valence electrons. The maximum absolute atomic E-state index is 12.4. The molecule has 0 amide bonds. The predicted octanol–water partition coefficient (Wildman–Crippen LogP) is 3.37. The van der Waals surface area contributed by atoms with Crippen molar-refractivity contribution in [2.24, 2.45) is 0 Å². The van der Waals surface area contributed by atoms with Crippen molar-refractivity contribution in [2.45, 2.75) is 25.9 Å². The number of aryl methyl sites for hydroxylation is 2. The molecule has 3 aromatic rings. The highest BCUT2D eigenvalue weighted by molar-refractivity contribution is 5.90. The molecule has 5 rings (SSSR count). The third-order valence-electron chi connectivity index (χ3n) is 5.01. The van der Waals surface area contributed by atoms with E-state index in [1.54, 1.807) is 18.2 Å². The Balaban J connectivity index is 1.43. The molecule has 0 radical (unpaired) electrons. The van der Waals surface area contributed by atoms with Crippen molar-refractivity contribution in [3.63, 3.8) is 0 Å². The van der Waals surface area contributed by atoms with E-state index in [1.165, 1.54) is 17.2 Å². The van der Waals surface area contributed by atoms with Gasteiger partial charge in [-0.1, -0.05) is 0 Å². The van der Waals surface area contributed by atoms with Crippen LogP contribution in [0.1, 0.15) is 33.5 Å². The van der Waals surface area contributed by atoms with Gasteiger partial charge in [0, 0.05) is 17.0 Å². The van der Waals surface area contributed by atoms with Crippen molar-refractivity contribution in [1.82, 2.24) is 0 Å². The van der Waals surface area contributed by atoms with Gasteiger partial charge in [-0.3, -0.25) is 0 Å². The van der Waals surface area contributed by atoms with Gasteiger partial charge in [0.1, 0.15) is 12.2 Å². The Hall–Kier alpha value is -3.28. The lowest BCUT2D eigenvalue weighted by molar-refractivity contribution is 0.0473. The van der Waals surface area contributed by atoms with Crippen LogP contribution in [0.3, 0.4) is 0 Å². The second kappa shape index (κ2) is 6.16. The van der Waals surface area contributed by atoms with Crippen LogP contribution >= 0.6 is 0 Å². The van der Waals surface area contributed by atoms with Crippen LogP contribution in [0, 0.1) is 0 Å². The van der Waals surface area contributed by atoms with E-state index >= 15 is 0 Å². The SMILES string of the molecule is O=C(OCc1cc(=O)oc2cc3c(cc12)CCC3)c1ccc2c(c1)OCO2. The summed E-state index contributed by atoms with van der Waals surface area (Å²) in [7, 11) is 0. The zero-order valence-electron chi connectivity index (χ0n) is 14.4. The van der Waals surface area contributed by atoms with Crippen LogP contribution in [0.4, 0.5) is 0 Å². The summed E-state index contributed by atoms with van der Waals surface area (Å²) in [5.41, 5.74) is 3.59. The second-order valence-electron chi connectivity index (χ2n) is 6.71. The molecule has 2 aromatic carbocycles. The summed E-state index contributed by atoms with van der Waals surface area (Å²) in [5.74, 6) is 0.633. The van der Waals surface area contributed by atoms with Crippen LogP contribution in [0.5, 0.6) is 11.5 Å². The van der Waals surface area contributed by atoms with Crippen molar-refractivity contribution in [3.05, 3.63) is 69.1 Å². The van der Waals surface area contributed by atoms with Crippen molar-refractivity contribution in [3.8, 4) is 11.5 Å². The quantitative estimate of drug-likeness (QED) is 0.524. The van der Waals surface area contributed by atoms with E-state index in [9.17, 15) is 9.59 Å². The predicted molar refractivity (Wildman–Crippen MR) is 96.2 cm³/mol. The standard InChI is InChI=1S/C21H16O6/c22-20-9-15(16-6-12-2-1-3-13(12)7-18(16)27-20)10-24-21(23)14-4-5-17-19(8-14)26-11-25-17/h4-9H,1-3,10-11H2. The molecule has 0 saturated heterocycles. The van der Waals surface area contributed by atoms with Crippen LogP contribution < -0.4 is 15.1 Å². The Labute approximate surface area is 154 Å². The van der Waals surface area contributed by atoms with Crippen LogP contribution in [0.25, 0.3) is 11.0 Å². The minimum Gasteiger partial charge on any atom is -0.457 e. The molecule has 0 unspecified atom stereocenters. The number of carbonyl (C=O) groups excluding carboxylic acids is 1. The van der Waals surface area contributed by atoms with Crippen LogP contribution in [-0.4, -0.2) is 12.8 Å². The molecule has 6 nitrogen and oxygen atoms in total. The number of carbonyl (C=O) groups is 1. The van der Waals surface area contributed by atoms with Crippen molar-refractivity contribution in [2.75, 3.05) is 6.79 Å². The Morgan fingerprint density at radius 1 is 1.00 bits per heavy atom. The summed E-state index contributed by atoms with van der Waals surface area (Å²) in [6.45, 7) is 0.137. The monoisotopic (exact) mass is 364 g/mol. The molecule has 0 spiro atoms. The lowest BCUT2D eigenvalue weighted by Crippen LogP contribution is -2.08. The molecule has 27 heavy (non-hydrogen) atoms. The first-order chi connectivity index (χ1) is 13.2. The first-order valence-corrected chi connectivity index (χ1v) is 8.83. The van der Waals surface area contributed by atoms with Gasteiger partial charge in [-0.05, 0) is 60.7 Å². The van der Waals surface area contributed by atoms with Crippen molar-refractivity contribution in [1.29, 1.82) is 0 Å². The second-order valence-corrected chi connectivity index (χ2v) is 6.71. The summed E-state index contributed by atoms with van der Waals surface area (Å²) in [4.78, 5) is 24.3. The maximum Gasteiger partial charge on any atom is 0.338 e. The third-order valence-corrected chi connectivity index (χ3v) is 5.01. The number of fused-ring (bicyclic) bond motifs is 3. The summed E-state index contributed by atoms with van der Waals surface area (Å²) in [6, 6.07) is 10.3. The lowest BCUT2D eigenvalue weighted by atomic mass is 10.0. The number of benzene rings is 2. The smallest absolute Gasteiger partial charge is 0.338 e. The van der Waals surface area contributed by atoms with E-state index in [1.807, 2.05) is 12.1 Å². The highest BCUT2D eigenvalue weighted by Crippen LogP contribution is 2.33. The van der Waals surface area contributed by atoms with E-state index < -0.39 is 11.6 Å². The highest BCUT2D eigenvalue weighted by atomic mass is 16.7. The summed E-state index contributed by atoms with van der Waals surface area (Å²) in [6.07, 6.45) is 3.11. The number of hydrogen-bond acceptors (Lipinski definition) is 6. The van der Waals surface area contributed by atoms with E-state index in [0.29, 0.717) is 28.2 Å². The summed E-state index contributed by atoms with van der Waals surface area (Å²) >= 11 is 0. The van der Waals surface area contributed by atoms with Crippen LogP contribution in [0.15, 0.2) is 45.6 Å². The van der Waals surface area contributed by atoms with Gasteiger partial charge in [0.2, 0.25) is 6.79 Å². The molecule has 0 fully saturated rings. The van der Waals surface area contributed by atoms with E-state index in [4.69, 9.17) is 18.6 Å². The van der Waals surface area contributed by atoms with Gasteiger partial charge in [0.25, 0.3) is 0 Å². The molecule has 2 heterocycles. The number of esters is 1. The van der Waals surface area contributed by atoms with Gasteiger partial charge in [-0.2, -0.15) is 0 Å². The van der Waals surface area contributed by atoms with Gasteiger partial charge in [-0.25, -0.2) is 9.59 Å². The normalized spacial score (nSPS) is 14.4. The van der Waals surface area contributed by atoms with Gasteiger partial charge < -0.3 is 18.6 Å². The molecule has 1 aliphatic carbocycles. The number of rotatable bonds is 3. The Bertz CT molecular complexity index is 1130. The van der Waals surface area contributed by atoms with Crippen LogP contribution in [-0.2, 0) is 24.2 Å². The van der Waals surface area contributed by atoms with Gasteiger partial charge >= 0.3 is 11.6 Å². The minimum atomic E-state index is -0.490. The molecular formula is C21H16O6. The van der Waals surface area contributed by atoms with Crippen LogP contribution in [0.2, 0.25) is 0 Å². The number of ether oxygens (including phenoxy) is 3. The molecule has 1 aliphatic heterocycles. The zero-order valence-corrected chi connectivity index (χ0v) is 14.4.